The van der Waals surface area contributed by atoms with Crippen molar-refractivity contribution in [3.8, 4) is 0 Å². The molecule has 6 rings (SSSR count). The zero-order valence-electron chi connectivity index (χ0n) is 16.5. The number of nitrogens with one attached hydrogen (secondary N) is 1. The number of amides is 1. The van der Waals surface area contributed by atoms with Gasteiger partial charge in [-0.1, -0.05) is 11.6 Å². The maximum absolute atomic E-state index is 12.7. The molecule has 1 N–H and O–H groups in total. The van der Waals surface area contributed by atoms with E-state index in [1.165, 1.54) is 0 Å². The second kappa shape index (κ2) is 6.21. The van der Waals surface area contributed by atoms with Crippen LogP contribution in [0.1, 0.15) is 53.7 Å². The maximum atomic E-state index is 12.7. The highest BCUT2D eigenvalue weighted by Crippen LogP contribution is 2.68. The van der Waals surface area contributed by atoms with Gasteiger partial charge in [0, 0.05) is 22.2 Å². The fraction of sp³-hybridized carbons (Fsp3) is 0.474. The molecule has 0 atom stereocenters. The summed E-state index contributed by atoms with van der Waals surface area (Å²) in [6.45, 7) is 3.09. The van der Waals surface area contributed by atoms with Crippen molar-refractivity contribution in [1.82, 2.24) is 19.7 Å². The minimum absolute atomic E-state index is 0.0357. The van der Waals surface area contributed by atoms with Crippen molar-refractivity contribution in [3.63, 3.8) is 0 Å². The molecule has 158 valence electrons. The first-order chi connectivity index (χ1) is 13.9. The van der Waals surface area contributed by atoms with Crippen LogP contribution in [0.2, 0.25) is 5.02 Å². The Balaban J connectivity index is 1.28. The van der Waals surface area contributed by atoms with Crippen molar-refractivity contribution < 1.29 is 13.2 Å². The fourth-order valence-corrected chi connectivity index (χ4v) is 6.90. The van der Waals surface area contributed by atoms with Crippen LogP contribution >= 0.6 is 34.5 Å². The van der Waals surface area contributed by atoms with E-state index in [-0.39, 0.29) is 27.7 Å². The standard InChI is InChI=1S/C19H19ClN4O3S3/c1-17(2,30(3,26)27)15-22-14(29-24-15)13(25)23-19-7-18(8-19,9-19)16-21-11-5-4-10(20)6-12(11)28-16/h4-6H,7-9H2,1-3H3,(H,23,25). The van der Waals surface area contributed by atoms with Crippen LogP contribution in [0, 0.1) is 0 Å². The maximum Gasteiger partial charge on any atom is 0.282 e. The molecule has 11 heteroatoms. The Morgan fingerprint density at radius 2 is 1.93 bits per heavy atom. The second-order valence-corrected chi connectivity index (χ2v) is 13.7. The molecule has 2 aromatic heterocycles. The van der Waals surface area contributed by atoms with Crippen LogP contribution < -0.4 is 5.32 Å². The summed E-state index contributed by atoms with van der Waals surface area (Å²) in [5.74, 6) is -0.144. The molecule has 3 aliphatic rings. The summed E-state index contributed by atoms with van der Waals surface area (Å²) in [4.78, 5) is 21.7. The van der Waals surface area contributed by atoms with E-state index in [1.807, 2.05) is 18.2 Å². The molecule has 1 aromatic carbocycles. The molecular formula is C19H19ClN4O3S3. The molecule has 0 aliphatic heterocycles. The lowest BCUT2D eigenvalue weighted by atomic mass is 9.39. The van der Waals surface area contributed by atoms with Gasteiger partial charge in [0.2, 0.25) is 5.01 Å². The van der Waals surface area contributed by atoms with Crippen LogP contribution in [0.5, 0.6) is 0 Å². The molecule has 3 saturated carbocycles. The van der Waals surface area contributed by atoms with E-state index in [1.54, 1.807) is 25.2 Å². The normalized spacial score (nSPS) is 25.6. The van der Waals surface area contributed by atoms with Crippen LogP contribution in [0.4, 0.5) is 0 Å². The zero-order valence-corrected chi connectivity index (χ0v) is 19.7. The molecule has 2 bridgehead atoms. The summed E-state index contributed by atoms with van der Waals surface area (Å²) in [6, 6.07) is 5.72. The molecule has 30 heavy (non-hydrogen) atoms. The molecule has 3 aliphatic carbocycles. The molecule has 3 fully saturated rings. The van der Waals surface area contributed by atoms with Gasteiger partial charge in [-0.05, 0) is 62.8 Å². The molecule has 0 radical (unpaired) electrons. The summed E-state index contributed by atoms with van der Waals surface area (Å²) in [5.41, 5.74) is 0.760. The monoisotopic (exact) mass is 482 g/mol. The summed E-state index contributed by atoms with van der Waals surface area (Å²) in [5, 5.41) is 5.09. The molecule has 7 nitrogen and oxygen atoms in total. The van der Waals surface area contributed by atoms with E-state index in [2.05, 4.69) is 14.7 Å². The van der Waals surface area contributed by atoms with Gasteiger partial charge < -0.3 is 5.32 Å². The number of hydrogen-bond acceptors (Lipinski definition) is 8. The van der Waals surface area contributed by atoms with Crippen molar-refractivity contribution in [2.45, 2.75) is 48.8 Å². The molecule has 2 heterocycles. The average Bonchev–Trinajstić information content (AvgIpc) is 3.22. The number of hydrogen-bond donors (Lipinski definition) is 1. The quantitative estimate of drug-likeness (QED) is 0.595. The van der Waals surface area contributed by atoms with E-state index < -0.39 is 14.6 Å². The SMILES string of the molecule is CC(C)(c1nsc(C(=O)NC23CC(c4nc5ccc(Cl)cc5s4)(C2)C3)n1)S(C)(=O)=O. The van der Waals surface area contributed by atoms with Gasteiger partial charge in [-0.25, -0.2) is 18.4 Å². The zero-order chi connectivity index (χ0) is 21.5. The van der Waals surface area contributed by atoms with E-state index in [4.69, 9.17) is 16.6 Å². The lowest BCUT2D eigenvalue weighted by Gasteiger charge is -2.69. The van der Waals surface area contributed by atoms with Gasteiger partial charge in [-0.15, -0.1) is 11.3 Å². The van der Waals surface area contributed by atoms with Gasteiger partial charge in [0.25, 0.3) is 5.91 Å². The average molecular weight is 483 g/mol. The Labute approximate surface area is 187 Å². The minimum Gasteiger partial charge on any atom is -0.344 e. The molecule has 0 unspecified atom stereocenters. The van der Waals surface area contributed by atoms with Crippen molar-refractivity contribution in [1.29, 1.82) is 0 Å². The molecule has 0 spiro atoms. The number of thiazole rings is 1. The smallest absolute Gasteiger partial charge is 0.282 e. The lowest BCUT2D eigenvalue weighted by molar-refractivity contribution is -0.0807. The third-order valence-electron chi connectivity index (χ3n) is 6.30. The van der Waals surface area contributed by atoms with Gasteiger partial charge in [-0.3, -0.25) is 4.79 Å². The minimum atomic E-state index is -3.41. The summed E-state index contributed by atoms with van der Waals surface area (Å²) in [7, 11) is -3.41. The van der Waals surface area contributed by atoms with Crippen LogP contribution in [0.3, 0.4) is 0 Å². The van der Waals surface area contributed by atoms with E-state index in [0.717, 1.165) is 52.3 Å². The topological polar surface area (TPSA) is 102 Å². The van der Waals surface area contributed by atoms with Crippen LogP contribution in [-0.4, -0.2) is 40.5 Å². The Kier molecular flexibility index (Phi) is 4.20. The first kappa shape index (κ1) is 20.3. The van der Waals surface area contributed by atoms with Crippen molar-refractivity contribution in [3.05, 3.63) is 39.1 Å². The number of carbonyl (C=O) groups is 1. The number of nitrogens with zero attached hydrogens (tertiary/aromatic N) is 3. The summed E-state index contributed by atoms with van der Waals surface area (Å²) in [6.07, 6.45) is 3.68. The third-order valence-corrected chi connectivity index (χ3v) is 10.5. The Morgan fingerprint density at radius 1 is 1.23 bits per heavy atom. The number of carbonyl (C=O) groups excluding carboxylic acids is 1. The van der Waals surface area contributed by atoms with Crippen LogP contribution in [0.25, 0.3) is 10.2 Å². The largest absolute Gasteiger partial charge is 0.344 e. The lowest BCUT2D eigenvalue weighted by Crippen LogP contribution is -2.76. The van der Waals surface area contributed by atoms with E-state index >= 15 is 0 Å². The third kappa shape index (κ3) is 2.91. The highest BCUT2D eigenvalue weighted by Gasteiger charge is 2.70. The highest BCUT2D eigenvalue weighted by molar-refractivity contribution is 7.91. The van der Waals surface area contributed by atoms with Crippen molar-refractivity contribution >= 4 is 60.4 Å². The predicted molar refractivity (Wildman–Crippen MR) is 118 cm³/mol. The van der Waals surface area contributed by atoms with Crippen molar-refractivity contribution in [2.75, 3.05) is 6.26 Å². The highest BCUT2D eigenvalue weighted by atomic mass is 35.5. The number of halogens is 1. The van der Waals surface area contributed by atoms with Gasteiger partial charge in [0.1, 0.15) is 9.75 Å². The number of aromatic nitrogens is 3. The van der Waals surface area contributed by atoms with Crippen molar-refractivity contribution in [2.24, 2.45) is 0 Å². The van der Waals surface area contributed by atoms with Gasteiger partial charge in [0.05, 0.1) is 10.2 Å². The Morgan fingerprint density at radius 3 is 2.60 bits per heavy atom. The Bertz CT molecular complexity index is 1290. The fourth-order valence-electron chi connectivity index (χ4n) is 4.29. The second-order valence-electron chi connectivity index (χ2n) is 8.88. The Hall–Kier alpha value is -1.62. The number of benzene rings is 1. The summed E-state index contributed by atoms with van der Waals surface area (Å²) < 4.78 is 27.9. The van der Waals surface area contributed by atoms with Gasteiger partial charge >= 0.3 is 0 Å². The van der Waals surface area contributed by atoms with E-state index in [9.17, 15) is 13.2 Å². The van der Waals surface area contributed by atoms with Crippen LogP contribution in [-0.2, 0) is 20.0 Å². The predicted octanol–water partition coefficient (Wildman–Crippen LogP) is 3.69. The summed E-state index contributed by atoms with van der Waals surface area (Å²) >= 11 is 8.68. The van der Waals surface area contributed by atoms with Gasteiger partial charge in [-0.2, -0.15) is 4.37 Å². The molecule has 1 amide bonds. The molecule has 0 saturated heterocycles. The number of fused-ring (bicyclic) bond motifs is 1. The first-order valence-electron chi connectivity index (χ1n) is 9.36. The number of sulfone groups is 1. The van der Waals surface area contributed by atoms with Gasteiger partial charge in [0.15, 0.2) is 15.7 Å². The number of rotatable bonds is 5. The molecular weight excluding hydrogens is 464 g/mol. The van der Waals surface area contributed by atoms with Crippen LogP contribution in [0.15, 0.2) is 18.2 Å². The first-order valence-corrected chi connectivity index (χ1v) is 13.2. The van der Waals surface area contributed by atoms with E-state index in [0.29, 0.717) is 5.02 Å². The molecule has 3 aromatic rings.